The molecule has 0 saturated heterocycles. The summed E-state index contributed by atoms with van der Waals surface area (Å²) in [7, 11) is 1.31. The molecule has 3 N–H and O–H groups in total. The molecule has 2 amide bonds. The first-order valence-electron chi connectivity index (χ1n) is 10.8. The number of alkyl carbamates (subject to hydrolysis) is 1. The Morgan fingerprint density at radius 1 is 0.970 bits per heavy atom. The van der Waals surface area contributed by atoms with Crippen LogP contribution in [0.2, 0.25) is 0 Å². The van der Waals surface area contributed by atoms with Gasteiger partial charge in [-0.05, 0) is 63.4 Å². The van der Waals surface area contributed by atoms with Crippen molar-refractivity contribution in [3.63, 3.8) is 0 Å². The Morgan fingerprint density at radius 3 is 2.21 bits per heavy atom. The van der Waals surface area contributed by atoms with Gasteiger partial charge in [0.1, 0.15) is 11.6 Å². The molecule has 178 valence electrons. The molecule has 0 heterocycles. The maximum absolute atomic E-state index is 13.0. The van der Waals surface area contributed by atoms with E-state index in [4.69, 9.17) is 9.47 Å². The van der Waals surface area contributed by atoms with Gasteiger partial charge in [0.2, 0.25) is 5.91 Å². The van der Waals surface area contributed by atoms with Crippen molar-refractivity contribution in [2.75, 3.05) is 17.7 Å². The zero-order chi connectivity index (χ0) is 24.6. The summed E-state index contributed by atoms with van der Waals surface area (Å²) in [4.78, 5) is 37.5. The lowest BCUT2D eigenvalue weighted by Crippen LogP contribution is -2.46. The largest absolute Gasteiger partial charge is 0.465 e. The van der Waals surface area contributed by atoms with Crippen LogP contribution in [0.25, 0.3) is 0 Å². The van der Waals surface area contributed by atoms with Gasteiger partial charge in [0.25, 0.3) is 0 Å². The molecule has 0 aromatic heterocycles. The maximum atomic E-state index is 13.0. The van der Waals surface area contributed by atoms with Gasteiger partial charge in [-0.15, -0.1) is 0 Å². The Morgan fingerprint density at radius 2 is 1.64 bits per heavy atom. The minimum atomic E-state index is -0.786. The normalized spacial score (nSPS) is 12.0. The average Bonchev–Trinajstić information content (AvgIpc) is 2.72. The highest BCUT2D eigenvalue weighted by Gasteiger charge is 2.25. The highest BCUT2D eigenvalue weighted by Crippen LogP contribution is 2.26. The van der Waals surface area contributed by atoms with E-state index in [1.165, 1.54) is 7.11 Å². The zero-order valence-electron chi connectivity index (χ0n) is 20.0. The molecule has 0 bridgehead atoms. The van der Waals surface area contributed by atoms with Gasteiger partial charge >= 0.3 is 12.1 Å². The fourth-order valence-corrected chi connectivity index (χ4v) is 3.07. The molecule has 33 heavy (non-hydrogen) atoms. The number of amides is 2. The van der Waals surface area contributed by atoms with Crippen LogP contribution in [-0.2, 0) is 14.3 Å². The molecular formula is C25H33N3O5. The number of ether oxygens (including phenoxy) is 2. The van der Waals surface area contributed by atoms with Crippen LogP contribution < -0.4 is 16.0 Å². The molecule has 2 rings (SSSR count). The summed E-state index contributed by atoms with van der Waals surface area (Å²) >= 11 is 0. The Balaban J connectivity index is 2.24. The lowest BCUT2D eigenvalue weighted by atomic mass is 10.0. The number of para-hydroxylation sites is 1. The van der Waals surface area contributed by atoms with Gasteiger partial charge in [-0.1, -0.05) is 32.0 Å². The first kappa shape index (κ1) is 25.7. The molecular weight excluding hydrogens is 422 g/mol. The van der Waals surface area contributed by atoms with E-state index in [0.717, 1.165) is 5.69 Å². The first-order chi connectivity index (χ1) is 15.5. The van der Waals surface area contributed by atoms with E-state index >= 15 is 0 Å². The van der Waals surface area contributed by atoms with Crippen LogP contribution in [0.4, 0.5) is 21.9 Å². The SMILES string of the molecule is COC(=O)c1ccc(NC(=O)[C@H](CC(C)C)NC(=O)OC(C)(C)C)cc1Nc1ccccc1. The predicted molar refractivity (Wildman–Crippen MR) is 129 cm³/mol. The number of nitrogens with one attached hydrogen (secondary N) is 3. The fraction of sp³-hybridized carbons (Fsp3) is 0.400. The number of hydrogen-bond acceptors (Lipinski definition) is 6. The van der Waals surface area contributed by atoms with E-state index in [9.17, 15) is 14.4 Å². The molecule has 0 fully saturated rings. The molecule has 0 radical (unpaired) electrons. The van der Waals surface area contributed by atoms with Crippen LogP contribution in [0.5, 0.6) is 0 Å². The Labute approximate surface area is 195 Å². The van der Waals surface area contributed by atoms with Crippen LogP contribution in [0.15, 0.2) is 48.5 Å². The molecule has 0 aliphatic heterocycles. The van der Waals surface area contributed by atoms with Crippen molar-refractivity contribution >= 4 is 35.0 Å². The van der Waals surface area contributed by atoms with Gasteiger partial charge in [-0.25, -0.2) is 9.59 Å². The highest BCUT2D eigenvalue weighted by atomic mass is 16.6. The maximum Gasteiger partial charge on any atom is 0.408 e. The molecule has 0 unspecified atom stereocenters. The number of carbonyl (C=O) groups excluding carboxylic acids is 3. The quantitative estimate of drug-likeness (QED) is 0.479. The van der Waals surface area contributed by atoms with Gasteiger partial charge in [0, 0.05) is 11.4 Å². The molecule has 2 aromatic carbocycles. The van der Waals surface area contributed by atoms with E-state index in [2.05, 4.69) is 16.0 Å². The lowest BCUT2D eigenvalue weighted by molar-refractivity contribution is -0.118. The third kappa shape index (κ3) is 8.48. The van der Waals surface area contributed by atoms with E-state index in [1.807, 2.05) is 44.2 Å². The standard InChI is InChI=1S/C25H33N3O5/c1-16(2)14-21(28-24(31)33-25(3,4)5)22(29)27-18-12-13-19(23(30)32-6)20(15-18)26-17-10-8-7-9-11-17/h7-13,15-16,21,26H,14H2,1-6H3,(H,27,29)(H,28,31)/t21-/m0/s1. The number of anilines is 3. The third-order valence-corrected chi connectivity index (χ3v) is 4.46. The van der Waals surface area contributed by atoms with Crippen LogP contribution in [0.1, 0.15) is 51.4 Å². The van der Waals surface area contributed by atoms with Crippen molar-refractivity contribution in [1.82, 2.24) is 5.32 Å². The minimum absolute atomic E-state index is 0.160. The molecule has 8 heteroatoms. The summed E-state index contributed by atoms with van der Waals surface area (Å²) in [5, 5.41) is 8.66. The molecule has 0 spiro atoms. The summed E-state index contributed by atoms with van der Waals surface area (Å²) in [6.45, 7) is 9.20. The molecule has 0 aliphatic rings. The van der Waals surface area contributed by atoms with Crippen LogP contribution in [-0.4, -0.2) is 36.7 Å². The summed E-state index contributed by atoms with van der Waals surface area (Å²) in [6, 6.07) is 13.4. The van der Waals surface area contributed by atoms with Crippen LogP contribution in [0, 0.1) is 5.92 Å². The molecule has 0 aliphatic carbocycles. The Hall–Kier alpha value is -3.55. The van der Waals surface area contributed by atoms with E-state index < -0.39 is 23.7 Å². The van der Waals surface area contributed by atoms with Gasteiger partial charge in [0.05, 0.1) is 18.4 Å². The second kappa shape index (κ2) is 11.4. The van der Waals surface area contributed by atoms with Crippen LogP contribution in [0.3, 0.4) is 0 Å². The Kier molecular flexibility index (Phi) is 8.85. The van der Waals surface area contributed by atoms with E-state index in [-0.39, 0.29) is 11.8 Å². The smallest absolute Gasteiger partial charge is 0.408 e. The Bertz CT molecular complexity index is 968. The highest BCUT2D eigenvalue weighted by molar-refractivity contribution is 6.00. The van der Waals surface area contributed by atoms with Crippen molar-refractivity contribution < 1.29 is 23.9 Å². The van der Waals surface area contributed by atoms with Crippen molar-refractivity contribution in [3.05, 3.63) is 54.1 Å². The van der Waals surface area contributed by atoms with Gasteiger partial charge in [0.15, 0.2) is 0 Å². The lowest BCUT2D eigenvalue weighted by Gasteiger charge is -2.24. The van der Waals surface area contributed by atoms with Gasteiger partial charge in [-0.3, -0.25) is 4.79 Å². The van der Waals surface area contributed by atoms with Crippen LogP contribution >= 0.6 is 0 Å². The minimum Gasteiger partial charge on any atom is -0.465 e. The second-order valence-corrected chi connectivity index (χ2v) is 9.06. The molecule has 8 nitrogen and oxygen atoms in total. The summed E-state index contributed by atoms with van der Waals surface area (Å²) in [6.07, 6.45) is -0.226. The van der Waals surface area contributed by atoms with Crippen molar-refractivity contribution in [2.24, 2.45) is 5.92 Å². The van der Waals surface area contributed by atoms with Crippen molar-refractivity contribution in [3.8, 4) is 0 Å². The number of methoxy groups -OCH3 is 1. The van der Waals surface area contributed by atoms with Crippen molar-refractivity contribution in [1.29, 1.82) is 0 Å². The number of hydrogen-bond donors (Lipinski definition) is 3. The zero-order valence-corrected chi connectivity index (χ0v) is 20.0. The van der Waals surface area contributed by atoms with E-state index in [0.29, 0.717) is 23.4 Å². The van der Waals surface area contributed by atoms with E-state index in [1.54, 1.807) is 39.0 Å². The third-order valence-electron chi connectivity index (χ3n) is 4.46. The number of rotatable bonds is 8. The molecule has 1 atom stereocenters. The topological polar surface area (TPSA) is 106 Å². The second-order valence-electron chi connectivity index (χ2n) is 9.06. The number of esters is 1. The van der Waals surface area contributed by atoms with Crippen molar-refractivity contribution in [2.45, 2.75) is 52.7 Å². The number of carbonyl (C=O) groups is 3. The summed E-state index contributed by atoms with van der Waals surface area (Å²) in [5.41, 5.74) is 1.36. The summed E-state index contributed by atoms with van der Waals surface area (Å²) in [5.74, 6) is -0.727. The fourth-order valence-electron chi connectivity index (χ4n) is 3.07. The molecule has 0 saturated carbocycles. The predicted octanol–water partition coefficient (Wildman–Crippen LogP) is 5.09. The van der Waals surface area contributed by atoms with Gasteiger partial charge < -0.3 is 25.4 Å². The summed E-state index contributed by atoms with van der Waals surface area (Å²) < 4.78 is 10.2. The average molecular weight is 456 g/mol. The molecule has 2 aromatic rings. The first-order valence-corrected chi connectivity index (χ1v) is 10.8. The monoisotopic (exact) mass is 455 g/mol. The van der Waals surface area contributed by atoms with Gasteiger partial charge in [-0.2, -0.15) is 0 Å². The number of benzene rings is 2.